The minimum atomic E-state index is -3.85. The van der Waals surface area contributed by atoms with E-state index in [9.17, 15) is 18.3 Å². The Kier molecular flexibility index (Phi) is 5.43. The van der Waals surface area contributed by atoms with Crippen molar-refractivity contribution in [2.45, 2.75) is 48.7 Å². The number of carboxylic acid groups (broad SMARTS) is 1. The topological polar surface area (TPSA) is 71.4 Å². The van der Waals surface area contributed by atoms with Crippen molar-refractivity contribution in [2.75, 3.05) is 0 Å². The van der Waals surface area contributed by atoms with Gasteiger partial charge in [-0.25, -0.2) is 8.42 Å². The Morgan fingerprint density at radius 1 is 1.10 bits per heavy atom. The molecular formula is C15H19BrO4S. The first-order chi connectivity index (χ1) is 9.93. The fourth-order valence-electron chi connectivity index (χ4n) is 2.97. The molecule has 1 aliphatic rings. The summed E-state index contributed by atoms with van der Waals surface area (Å²) in [7, 11) is -3.85. The van der Waals surface area contributed by atoms with Crippen LogP contribution < -0.4 is 0 Å². The lowest BCUT2D eigenvalue weighted by Crippen LogP contribution is -2.37. The molecule has 6 heteroatoms. The standard InChI is InChI=1S/C15H19BrO4S/c16-12-7-9-13(10-8-12)21(19,20)14(15(17)18)11-5-3-1-2-4-6-11/h7-11,14H,1-6H2,(H,17,18). The summed E-state index contributed by atoms with van der Waals surface area (Å²) < 4.78 is 26.2. The molecule has 4 nitrogen and oxygen atoms in total. The molecule has 0 bridgehead atoms. The smallest absolute Gasteiger partial charge is 0.322 e. The van der Waals surface area contributed by atoms with Gasteiger partial charge in [0, 0.05) is 4.47 Å². The van der Waals surface area contributed by atoms with Crippen LogP contribution in [0.4, 0.5) is 0 Å². The van der Waals surface area contributed by atoms with Crippen LogP contribution in [0, 0.1) is 5.92 Å². The van der Waals surface area contributed by atoms with Gasteiger partial charge in [-0.05, 0) is 43.0 Å². The number of hydrogen-bond donors (Lipinski definition) is 1. The van der Waals surface area contributed by atoms with Gasteiger partial charge in [0.1, 0.15) is 0 Å². The summed E-state index contributed by atoms with van der Waals surface area (Å²) in [6.45, 7) is 0. The number of carbonyl (C=O) groups is 1. The lowest BCUT2D eigenvalue weighted by atomic mass is 9.96. The quantitative estimate of drug-likeness (QED) is 0.816. The Balaban J connectivity index is 2.36. The van der Waals surface area contributed by atoms with Crippen LogP contribution in [0.3, 0.4) is 0 Å². The third-order valence-electron chi connectivity index (χ3n) is 4.05. The minimum Gasteiger partial charge on any atom is -0.480 e. The molecule has 1 aromatic carbocycles. The molecule has 1 unspecified atom stereocenters. The highest BCUT2D eigenvalue weighted by molar-refractivity contribution is 9.10. The molecule has 0 aliphatic heterocycles. The third-order valence-corrected chi connectivity index (χ3v) is 6.76. The first-order valence-corrected chi connectivity index (χ1v) is 9.49. The predicted octanol–water partition coefficient (Wildman–Crippen LogP) is 3.65. The molecule has 0 saturated heterocycles. The van der Waals surface area contributed by atoms with E-state index in [-0.39, 0.29) is 10.8 Å². The highest BCUT2D eigenvalue weighted by atomic mass is 79.9. The van der Waals surface area contributed by atoms with Crippen LogP contribution in [0.15, 0.2) is 33.6 Å². The van der Waals surface area contributed by atoms with E-state index < -0.39 is 21.1 Å². The predicted molar refractivity (Wildman–Crippen MR) is 83.9 cm³/mol. The van der Waals surface area contributed by atoms with Gasteiger partial charge in [-0.1, -0.05) is 41.6 Å². The molecule has 0 spiro atoms. The van der Waals surface area contributed by atoms with Crippen molar-refractivity contribution in [1.29, 1.82) is 0 Å². The summed E-state index contributed by atoms with van der Waals surface area (Å²) in [5, 5.41) is 8.14. The summed E-state index contributed by atoms with van der Waals surface area (Å²) in [6.07, 6.45) is 5.27. The van der Waals surface area contributed by atoms with E-state index in [4.69, 9.17) is 0 Å². The second kappa shape index (κ2) is 6.92. The number of sulfone groups is 1. The third kappa shape index (κ3) is 3.86. The van der Waals surface area contributed by atoms with Gasteiger partial charge in [-0.2, -0.15) is 0 Å². The van der Waals surface area contributed by atoms with Crippen LogP contribution in [0.5, 0.6) is 0 Å². The van der Waals surface area contributed by atoms with Crippen molar-refractivity contribution in [3.63, 3.8) is 0 Å². The van der Waals surface area contributed by atoms with Crippen LogP contribution in [-0.4, -0.2) is 24.7 Å². The molecule has 1 saturated carbocycles. The van der Waals surface area contributed by atoms with Crippen LogP contribution in [-0.2, 0) is 14.6 Å². The lowest BCUT2D eigenvalue weighted by molar-refractivity contribution is -0.137. The second-order valence-corrected chi connectivity index (χ2v) is 8.49. The summed E-state index contributed by atoms with van der Waals surface area (Å²) in [6, 6.07) is 6.18. The summed E-state index contributed by atoms with van der Waals surface area (Å²) in [4.78, 5) is 11.7. The molecule has 1 aromatic rings. The molecule has 0 aromatic heterocycles. The van der Waals surface area contributed by atoms with Crippen molar-refractivity contribution in [2.24, 2.45) is 5.92 Å². The van der Waals surface area contributed by atoms with Crippen molar-refractivity contribution in [3.8, 4) is 0 Å². The summed E-state index contributed by atoms with van der Waals surface area (Å²) >= 11 is 3.25. The number of carboxylic acids is 1. The zero-order valence-electron chi connectivity index (χ0n) is 11.7. The average molecular weight is 375 g/mol. The van der Waals surface area contributed by atoms with Gasteiger partial charge in [0.2, 0.25) is 0 Å². The van der Waals surface area contributed by atoms with Gasteiger partial charge >= 0.3 is 5.97 Å². The van der Waals surface area contributed by atoms with Crippen LogP contribution in [0.2, 0.25) is 0 Å². The zero-order chi connectivity index (χ0) is 15.5. The molecule has 0 radical (unpaired) electrons. The van der Waals surface area contributed by atoms with Crippen LogP contribution in [0.1, 0.15) is 38.5 Å². The van der Waals surface area contributed by atoms with E-state index in [0.717, 1.165) is 30.2 Å². The van der Waals surface area contributed by atoms with E-state index in [1.807, 2.05) is 0 Å². The largest absolute Gasteiger partial charge is 0.480 e. The number of hydrogen-bond acceptors (Lipinski definition) is 3. The molecule has 2 rings (SSSR count). The number of aliphatic carboxylic acids is 1. The molecule has 0 heterocycles. The van der Waals surface area contributed by atoms with Gasteiger partial charge in [-0.3, -0.25) is 4.79 Å². The Hall–Kier alpha value is -0.880. The molecule has 1 atom stereocenters. The van der Waals surface area contributed by atoms with Gasteiger partial charge in [0.05, 0.1) is 4.90 Å². The summed E-state index contributed by atoms with van der Waals surface area (Å²) in [5.74, 6) is -1.52. The SMILES string of the molecule is O=C(O)C(C1CCCCCC1)S(=O)(=O)c1ccc(Br)cc1. The molecular weight excluding hydrogens is 356 g/mol. The Morgan fingerprint density at radius 3 is 2.10 bits per heavy atom. The van der Waals surface area contributed by atoms with E-state index in [0.29, 0.717) is 12.8 Å². The monoisotopic (exact) mass is 374 g/mol. The molecule has 0 amide bonds. The highest BCUT2D eigenvalue weighted by Gasteiger charge is 2.40. The second-order valence-electron chi connectivity index (χ2n) is 5.51. The van der Waals surface area contributed by atoms with Gasteiger partial charge in [-0.15, -0.1) is 0 Å². The van der Waals surface area contributed by atoms with Gasteiger partial charge < -0.3 is 5.11 Å². The fourth-order valence-corrected chi connectivity index (χ4v) is 5.09. The normalized spacial score (nSPS) is 18.9. The van der Waals surface area contributed by atoms with Crippen molar-refractivity contribution in [1.82, 2.24) is 0 Å². The van der Waals surface area contributed by atoms with Crippen molar-refractivity contribution >= 4 is 31.7 Å². The van der Waals surface area contributed by atoms with E-state index >= 15 is 0 Å². The molecule has 1 fully saturated rings. The maximum absolute atomic E-state index is 12.7. The number of rotatable bonds is 4. The number of benzene rings is 1. The molecule has 21 heavy (non-hydrogen) atoms. The van der Waals surface area contributed by atoms with Crippen molar-refractivity contribution in [3.05, 3.63) is 28.7 Å². The first-order valence-electron chi connectivity index (χ1n) is 7.15. The average Bonchev–Trinajstić information content (AvgIpc) is 2.67. The zero-order valence-corrected chi connectivity index (χ0v) is 14.1. The molecule has 1 aliphatic carbocycles. The minimum absolute atomic E-state index is 0.0855. The lowest BCUT2D eigenvalue weighted by Gasteiger charge is -2.22. The van der Waals surface area contributed by atoms with E-state index in [2.05, 4.69) is 15.9 Å². The van der Waals surface area contributed by atoms with E-state index in [1.165, 1.54) is 12.1 Å². The fraction of sp³-hybridized carbons (Fsp3) is 0.533. The maximum atomic E-state index is 12.7. The van der Waals surface area contributed by atoms with Crippen LogP contribution >= 0.6 is 15.9 Å². The van der Waals surface area contributed by atoms with Crippen molar-refractivity contribution < 1.29 is 18.3 Å². The Morgan fingerprint density at radius 2 is 1.62 bits per heavy atom. The first kappa shape index (κ1) is 16.5. The molecule has 116 valence electrons. The highest BCUT2D eigenvalue weighted by Crippen LogP contribution is 2.32. The van der Waals surface area contributed by atoms with Crippen LogP contribution in [0.25, 0.3) is 0 Å². The Bertz CT molecular complexity index is 587. The maximum Gasteiger partial charge on any atom is 0.322 e. The van der Waals surface area contributed by atoms with Gasteiger partial charge in [0.25, 0.3) is 0 Å². The molecule has 1 N–H and O–H groups in total. The Labute approximate surface area is 133 Å². The van der Waals surface area contributed by atoms with E-state index in [1.54, 1.807) is 12.1 Å². The summed E-state index contributed by atoms with van der Waals surface area (Å²) in [5.41, 5.74) is 0. The number of halogens is 1. The van der Waals surface area contributed by atoms with Gasteiger partial charge in [0.15, 0.2) is 15.1 Å².